The molecule has 0 unspecified atom stereocenters. The van der Waals surface area contributed by atoms with Crippen LogP contribution in [0.5, 0.6) is 0 Å². The molecule has 1 atom stereocenters. The van der Waals surface area contributed by atoms with Crippen LogP contribution >= 0.6 is 12.8 Å². The minimum atomic E-state index is -0.192. The van der Waals surface area contributed by atoms with Gasteiger partial charge in [0.1, 0.15) is 0 Å². The van der Waals surface area contributed by atoms with Gasteiger partial charge in [0, 0.05) is 13.1 Å². The number of nitrogens with zero attached hydrogens (tertiary/aromatic N) is 2. The first-order chi connectivity index (χ1) is 7.97. The molecule has 5 heteroatoms. The highest BCUT2D eigenvalue weighted by Crippen LogP contribution is 2.16. The van der Waals surface area contributed by atoms with E-state index in [9.17, 15) is 4.79 Å². The van der Waals surface area contributed by atoms with E-state index >= 15 is 0 Å². The van der Waals surface area contributed by atoms with Crippen molar-refractivity contribution >= 4 is 18.7 Å². The second-order valence-corrected chi connectivity index (χ2v) is 5.59. The summed E-state index contributed by atoms with van der Waals surface area (Å²) in [5, 5.41) is 0. The summed E-state index contributed by atoms with van der Waals surface area (Å²) in [6.45, 7) is 6.22. The van der Waals surface area contributed by atoms with Crippen molar-refractivity contribution in [3.05, 3.63) is 0 Å². The Morgan fingerprint density at radius 2 is 1.94 bits per heavy atom. The predicted molar refractivity (Wildman–Crippen MR) is 74.0 cm³/mol. The van der Waals surface area contributed by atoms with Crippen LogP contribution in [0.25, 0.3) is 0 Å². The van der Waals surface area contributed by atoms with Crippen LogP contribution in [0, 0.1) is 5.92 Å². The van der Waals surface area contributed by atoms with E-state index in [1.165, 1.54) is 0 Å². The lowest BCUT2D eigenvalue weighted by Gasteiger charge is -2.37. The SMILES string of the molecule is CC(C)[C@@H](NS)C(=O)N(C)C1CCN(C)CC1. The molecule has 0 aromatic rings. The molecular weight excluding hydrogens is 234 g/mol. The van der Waals surface area contributed by atoms with E-state index in [1.54, 1.807) is 0 Å². The topological polar surface area (TPSA) is 35.6 Å². The fourth-order valence-corrected chi connectivity index (χ4v) is 2.68. The Hall–Kier alpha value is -0.260. The van der Waals surface area contributed by atoms with Gasteiger partial charge in [-0.25, -0.2) is 0 Å². The average Bonchev–Trinajstić information content (AvgIpc) is 2.29. The Morgan fingerprint density at radius 3 is 2.35 bits per heavy atom. The van der Waals surface area contributed by atoms with E-state index < -0.39 is 0 Å². The molecule has 0 bridgehead atoms. The third-order valence-electron chi connectivity index (χ3n) is 3.66. The monoisotopic (exact) mass is 259 g/mol. The lowest BCUT2D eigenvalue weighted by Crippen LogP contribution is -2.51. The number of thiol groups is 1. The molecule has 1 rings (SSSR count). The van der Waals surface area contributed by atoms with Gasteiger partial charge in [0.15, 0.2) is 0 Å². The van der Waals surface area contributed by atoms with Crippen LogP contribution < -0.4 is 4.72 Å². The van der Waals surface area contributed by atoms with Crippen LogP contribution in [0.4, 0.5) is 0 Å². The van der Waals surface area contributed by atoms with Crippen LogP contribution in [-0.2, 0) is 4.79 Å². The highest BCUT2D eigenvalue weighted by molar-refractivity contribution is 7.78. The second-order valence-electron chi connectivity index (χ2n) is 5.33. The summed E-state index contributed by atoms with van der Waals surface area (Å²) in [6.07, 6.45) is 2.13. The predicted octanol–water partition coefficient (Wildman–Crippen LogP) is 0.998. The first-order valence-corrected chi connectivity index (χ1v) is 6.77. The van der Waals surface area contributed by atoms with E-state index in [1.807, 2.05) is 25.8 Å². The van der Waals surface area contributed by atoms with Crippen LogP contribution in [-0.4, -0.2) is 55.0 Å². The normalized spacial score (nSPS) is 20.6. The number of piperidine rings is 1. The molecule has 1 fully saturated rings. The fraction of sp³-hybridized carbons (Fsp3) is 0.917. The highest BCUT2D eigenvalue weighted by Gasteiger charge is 2.29. The number of hydrogen-bond acceptors (Lipinski definition) is 4. The Kier molecular flexibility index (Phi) is 5.76. The number of nitrogens with one attached hydrogen (secondary N) is 1. The average molecular weight is 259 g/mol. The van der Waals surface area contributed by atoms with Gasteiger partial charge in [0.25, 0.3) is 0 Å². The van der Waals surface area contributed by atoms with Gasteiger partial charge in [-0.3, -0.25) is 9.52 Å². The number of amides is 1. The second kappa shape index (κ2) is 6.61. The van der Waals surface area contributed by atoms with Gasteiger partial charge in [0.2, 0.25) is 5.91 Å². The molecule has 4 nitrogen and oxygen atoms in total. The molecule has 1 amide bonds. The van der Waals surface area contributed by atoms with Crippen molar-refractivity contribution in [2.45, 2.75) is 38.8 Å². The minimum absolute atomic E-state index is 0.157. The standard InChI is InChI=1S/C12H25N3OS/c1-9(2)11(13-17)12(16)15(4)10-5-7-14(3)8-6-10/h9-11,13,17H,5-8H2,1-4H3/t11-/m1/s1. The lowest BCUT2D eigenvalue weighted by atomic mass is 10.00. The third kappa shape index (κ3) is 3.86. The summed E-state index contributed by atoms with van der Waals surface area (Å²) in [7, 11) is 4.04. The van der Waals surface area contributed by atoms with Crippen LogP contribution in [0.3, 0.4) is 0 Å². The van der Waals surface area contributed by atoms with E-state index in [-0.39, 0.29) is 17.9 Å². The van der Waals surface area contributed by atoms with Gasteiger partial charge in [-0.15, -0.1) is 0 Å². The maximum atomic E-state index is 12.3. The van der Waals surface area contributed by atoms with Gasteiger partial charge >= 0.3 is 0 Å². The van der Waals surface area contributed by atoms with E-state index in [4.69, 9.17) is 0 Å². The Morgan fingerprint density at radius 1 is 1.41 bits per heavy atom. The molecule has 1 aliphatic rings. The van der Waals surface area contributed by atoms with Crippen LogP contribution in [0.1, 0.15) is 26.7 Å². The lowest BCUT2D eigenvalue weighted by molar-refractivity contribution is -0.135. The maximum Gasteiger partial charge on any atom is 0.240 e. The number of rotatable bonds is 4. The van der Waals surface area contributed by atoms with Gasteiger partial charge in [-0.1, -0.05) is 26.7 Å². The Bertz CT molecular complexity index is 252. The van der Waals surface area contributed by atoms with Gasteiger partial charge in [0.05, 0.1) is 6.04 Å². The molecule has 100 valence electrons. The molecule has 1 N–H and O–H groups in total. The summed E-state index contributed by atoms with van der Waals surface area (Å²) in [5.41, 5.74) is 0. The van der Waals surface area contributed by atoms with Gasteiger partial charge in [-0.05, 0) is 38.9 Å². The quantitative estimate of drug-likeness (QED) is 0.739. The smallest absolute Gasteiger partial charge is 0.240 e. The van der Waals surface area contributed by atoms with Gasteiger partial charge in [-0.2, -0.15) is 0 Å². The molecule has 1 aliphatic heterocycles. The Balaban J connectivity index is 2.56. The summed E-state index contributed by atoms with van der Waals surface area (Å²) in [4.78, 5) is 16.5. The van der Waals surface area contributed by atoms with Gasteiger partial charge < -0.3 is 9.80 Å². The first-order valence-electron chi connectivity index (χ1n) is 6.32. The molecule has 0 saturated carbocycles. The van der Waals surface area contributed by atoms with Crippen molar-refractivity contribution in [3.8, 4) is 0 Å². The van der Waals surface area contributed by atoms with Crippen LogP contribution in [0.2, 0.25) is 0 Å². The molecule has 0 aliphatic carbocycles. The molecule has 17 heavy (non-hydrogen) atoms. The van der Waals surface area contributed by atoms with Crippen molar-refractivity contribution in [2.75, 3.05) is 27.2 Å². The molecule has 0 radical (unpaired) electrons. The van der Waals surface area contributed by atoms with Crippen molar-refractivity contribution in [1.29, 1.82) is 0 Å². The molecule has 1 heterocycles. The number of likely N-dealkylation sites (N-methyl/N-ethyl adjacent to an activating group) is 1. The van der Waals surface area contributed by atoms with E-state index in [0.29, 0.717) is 6.04 Å². The molecule has 0 aromatic carbocycles. The third-order valence-corrected chi connectivity index (χ3v) is 3.93. The number of carbonyl (C=O) groups is 1. The van der Waals surface area contributed by atoms with Crippen molar-refractivity contribution in [1.82, 2.24) is 14.5 Å². The summed E-state index contributed by atoms with van der Waals surface area (Å²) in [6, 6.07) is 0.185. The summed E-state index contributed by atoms with van der Waals surface area (Å²) < 4.78 is 2.82. The summed E-state index contributed by atoms with van der Waals surface area (Å²) >= 11 is 4.06. The van der Waals surface area contributed by atoms with Crippen molar-refractivity contribution < 1.29 is 4.79 Å². The van der Waals surface area contributed by atoms with E-state index in [0.717, 1.165) is 25.9 Å². The zero-order valence-corrected chi connectivity index (χ0v) is 12.2. The molecule has 0 spiro atoms. The van der Waals surface area contributed by atoms with Crippen molar-refractivity contribution in [2.24, 2.45) is 5.92 Å². The zero-order valence-electron chi connectivity index (χ0n) is 11.3. The van der Waals surface area contributed by atoms with Crippen LogP contribution in [0.15, 0.2) is 0 Å². The maximum absolute atomic E-state index is 12.3. The van der Waals surface area contributed by atoms with Crippen molar-refractivity contribution in [3.63, 3.8) is 0 Å². The molecule has 0 aromatic heterocycles. The summed E-state index contributed by atoms with van der Waals surface area (Å²) in [5.74, 6) is 0.415. The van der Waals surface area contributed by atoms with E-state index in [2.05, 4.69) is 29.5 Å². The molecule has 1 saturated heterocycles. The zero-order chi connectivity index (χ0) is 13.0. The first kappa shape index (κ1) is 14.8. The minimum Gasteiger partial charge on any atom is -0.341 e. The number of likely N-dealkylation sites (tertiary alicyclic amines) is 1. The fourth-order valence-electron chi connectivity index (χ4n) is 2.27. The Labute approximate surface area is 110 Å². The number of carbonyl (C=O) groups excluding carboxylic acids is 1. The largest absolute Gasteiger partial charge is 0.341 e. The highest BCUT2D eigenvalue weighted by atomic mass is 32.1. The molecular formula is C12H25N3OS. The number of hydrogen-bond donors (Lipinski definition) is 2.